The first-order valence-electron chi connectivity index (χ1n) is 6.79. The van der Waals surface area contributed by atoms with Crippen molar-refractivity contribution in [3.63, 3.8) is 0 Å². The lowest BCUT2D eigenvalue weighted by Gasteiger charge is -1.99. The van der Waals surface area contributed by atoms with Gasteiger partial charge < -0.3 is 14.7 Å². The van der Waals surface area contributed by atoms with E-state index in [1.54, 1.807) is 6.07 Å². The Hall–Kier alpha value is -3.66. The number of nitrogens with one attached hydrogen (secondary N) is 2. The molecule has 2 N–H and O–H groups in total. The summed E-state index contributed by atoms with van der Waals surface area (Å²) in [5.41, 5.74) is 2.48. The molecule has 0 aliphatic carbocycles. The summed E-state index contributed by atoms with van der Waals surface area (Å²) in [6, 6.07) is 12.6. The predicted octanol–water partition coefficient (Wildman–Crippen LogP) is 2.83. The SMILES string of the molecule is N#Cc1c(NC(=O)c2ccco2)[nH]c2nc3ccccc3nc12. The minimum atomic E-state index is -0.456. The summed E-state index contributed by atoms with van der Waals surface area (Å²) in [6.45, 7) is 0. The molecule has 0 aliphatic rings. The van der Waals surface area contributed by atoms with Gasteiger partial charge in [-0.3, -0.25) is 4.79 Å². The molecule has 0 atom stereocenters. The van der Waals surface area contributed by atoms with Gasteiger partial charge in [-0.25, -0.2) is 9.97 Å². The highest BCUT2D eigenvalue weighted by molar-refractivity contribution is 6.04. The average molecular weight is 303 g/mol. The van der Waals surface area contributed by atoms with E-state index >= 15 is 0 Å². The Labute approximate surface area is 129 Å². The lowest BCUT2D eigenvalue weighted by molar-refractivity contribution is 0.0996. The summed E-state index contributed by atoms with van der Waals surface area (Å²) in [5, 5.41) is 12.0. The van der Waals surface area contributed by atoms with Crippen LogP contribution in [0.5, 0.6) is 0 Å². The first-order valence-corrected chi connectivity index (χ1v) is 6.79. The lowest BCUT2D eigenvalue weighted by atomic mass is 10.2. The highest BCUT2D eigenvalue weighted by atomic mass is 16.3. The van der Waals surface area contributed by atoms with Crippen molar-refractivity contribution in [1.82, 2.24) is 15.0 Å². The number of furan rings is 1. The topological polar surface area (TPSA) is 108 Å². The maximum absolute atomic E-state index is 12.1. The quantitative estimate of drug-likeness (QED) is 0.592. The summed E-state index contributed by atoms with van der Waals surface area (Å²) in [6.07, 6.45) is 1.40. The molecule has 1 amide bonds. The van der Waals surface area contributed by atoms with Crippen molar-refractivity contribution < 1.29 is 9.21 Å². The zero-order chi connectivity index (χ0) is 15.8. The molecule has 0 aliphatic heterocycles. The van der Waals surface area contributed by atoms with Gasteiger partial charge in [0.1, 0.15) is 23.0 Å². The fourth-order valence-corrected chi connectivity index (χ4v) is 2.35. The molecule has 0 fully saturated rings. The summed E-state index contributed by atoms with van der Waals surface area (Å²) in [5.74, 6) is -0.0551. The number of H-pyrrole nitrogens is 1. The molecule has 1 aromatic carbocycles. The van der Waals surface area contributed by atoms with Crippen molar-refractivity contribution in [3.05, 3.63) is 54.0 Å². The summed E-state index contributed by atoms with van der Waals surface area (Å²) < 4.78 is 5.04. The normalized spacial score (nSPS) is 10.7. The van der Waals surface area contributed by atoms with E-state index in [9.17, 15) is 10.1 Å². The van der Waals surface area contributed by atoms with E-state index in [0.29, 0.717) is 22.2 Å². The first kappa shape index (κ1) is 13.0. The Kier molecular flexibility index (Phi) is 2.81. The lowest BCUT2D eigenvalue weighted by Crippen LogP contribution is -2.11. The summed E-state index contributed by atoms with van der Waals surface area (Å²) >= 11 is 0. The molecule has 0 radical (unpaired) electrons. The molecule has 0 spiro atoms. The van der Waals surface area contributed by atoms with Crippen LogP contribution in [0.25, 0.3) is 22.2 Å². The van der Waals surface area contributed by atoms with Crippen LogP contribution < -0.4 is 5.32 Å². The maximum Gasteiger partial charge on any atom is 0.292 e. The molecular formula is C16H9N5O2. The van der Waals surface area contributed by atoms with Crippen molar-refractivity contribution in [1.29, 1.82) is 5.26 Å². The van der Waals surface area contributed by atoms with Gasteiger partial charge >= 0.3 is 0 Å². The van der Waals surface area contributed by atoms with Gasteiger partial charge in [0.05, 0.1) is 17.3 Å². The van der Waals surface area contributed by atoms with Gasteiger partial charge in [-0.2, -0.15) is 5.26 Å². The number of hydrogen-bond acceptors (Lipinski definition) is 5. The molecule has 4 aromatic rings. The molecule has 0 bridgehead atoms. The molecule has 0 saturated heterocycles. The van der Waals surface area contributed by atoms with Crippen LogP contribution in [-0.4, -0.2) is 20.9 Å². The zero-order valence-electron chi connectivity index (χ0n) is 11.7. The molecule has 4 rings (SSSR count). The third-order valence-corrected chi connectivity index (χ3v) is 3.40. The minimum Gasteiger partial charge on any atom is -0.459 e. The van der Waals surface area contributed by atoms with Gasteiger partial charge in [0.15, 0.2) is 11.4 Å². The summed E-state index contributed by atoms with van der Waals surface area (Å²) in [4.78, 5) is 23.9. The van der Waals surface area contributed by atoms with Gasteiger partial charge in [0, 0.05) is 0 Å². The third-order valence-electron chi connectivity index (χ3n) is 3.40. The highest BCUT2D eigenvalue weighted by Crippen LogP contribution is 2.25. The van der Waals surface area contributed by atoms with Gasteiger partial charge in [0.2, 0.25) is 0 Å². The Morgan fingerprint density at radius 3 is 2.65 bits per heavy atom. The second-order valence-electron chi connectivity index (χ2n) is 4.83. The summed E-state index contributed by atoms with van der Waals surface area (Å²) in [7, 11) is 0. The Bertz CT molecular complexity index is 1070. The van der Waals surface area contributed by atoms with E-state index < -0.39 is 5.91 Å². The van der Waals surface area contributed by atoms with Crippen molar-refractivity contribution in [2.75, 3.05) is 5.32 Å². The van der Waals surface area contributed by atoms with Crippen molar-refractivity contribution >= 4 is 33.9 Å². The standard InChI is InChI=1S/C16H9N5O2/c17-8-9-13-15(19-11-5-2-1-4-10(11)18-13)20-14(9)21-16(22)12-6-3-7-23-12/h1-7H,(H,19,20)(H,21,22). The van der Waals surface area contributed by atoms with Gasteiger partial charge in [0.25, 0.3) is 5.91 Å². The molecule has 3 aromatic heterocycles. The number of amides is 1. The molecule has 23 heavy (non-hydrogen) atoms. The Morgan fingerprint density at radius 1 is 1.17 bits per heavy atom. The van der Waals surface area contributed by atoms with E-state index in [2.05, 4.69) is 26.3 Å². The number of aromatic nitrogens is 3. The molecule has 3 heterocycles. The Morgan fingerprint density at radius 2 is 1.96 bits per heavy atom. The van der Waals surface area contributed by atoms with E-state index in [1.807, 2.05) is 24.3 Å². The highest BCUT2D eigenvalue weighted by Gasteiger charge is 2.18. The predicted molar refractivity (Wildman–Crippen MR) is 82.8 cm³/mol. The number of para-hydroxylation sites is 2. The molecule has 110 valence electrons. The van der Waals surface area contributed by atoms with Gasteiger partial charge in [-0.15, -0.1) is 0 Å². The maximum atomic E-state index is 12.1. The number of rotatable bonds is 2. The van der Waals surface area contributed by atoms with Crippen LogP contribution in [0.15, 0.2) is 47.1 Å². The van der Waals surface area contributed by atoms with Crippen LogP contribution in [0.1, 0.15) is 16.1 Å². The van der Waals surface area contributed by atoms with E-state index in [1.165, 1.54) is 12.3 Å². The molecule has 0 unspecified atom stereocenters. The average Bonchev–Trinajstić information content (AvgIpc) is 3.20. The minimum absolute atomic E-state index is 0.152. The van der Waals surface area contributed by atoms with Crippen LogP contribution in [0.2, 0.25) is 0 Å². The fraction of sp³-hybridized carbons (Fsp3) is 0. The zero-order valence-corrected chi connectivity index (χ0v) is 11.7. The number of carbonyl (C=O) groups is 1. The van der Waals surface area contributed by atoms with E-state index in [4.69, 9.17) is 4.42 Å². The van der Waals surface area contributed by atoms with Crippen molar-refractivity contribution in [3.8, 4) is 6.07 Å². The molecule has 0 saturated carbocycles. The second kappa shape index (κ2) is 4.96. The smallest absolute Gasteiger partial charge is 0.292 e. The van der Waals surface area contributed by atoms with Gasteiger partial charge in [-0.05, 0) is 24.3 Å². The second-order valence-corrected chi connectivity index (χ2v) is 4.83. The van der Waals surface area contributed by atoms with Crippen LogP contribution in [0, 0.1) is 11.3 Å². The van der Waals surface area contributed by atoms with Gasteiger partial charge in [-0.1, -0.05) is 12.1 Å². The van der Waals surface area contributed by atoms with Crippen molar-refractivity contribution in [2.45, 2.75) is 0 Å². The monoisotopic (exact) mass is 303 g/mol. The fourth-order valence-electron chi connectivity index (χ4n) is 2.35. The largest absolute Gasteiger partial charge is 0.459 e. The number of carbonyl (C=O) groups excluding carboxylic acids is 1. The van der Waals surface area contributed by atoms with E-state index in [0.717, 1.165) is 0 Å². The van der Waals surface area contributed by atoms with E-state index in [-0.39, 0.29) is 17.1 Å². The number of aromatic amines is 1. The number of nitriles is 1. The number of hydrogen-bond donors (Lipinski definition) is 2. The van der Waals surface area contributed by atoms with Crippen LogP contribution in [-0.2, 0) is 0 Å². The number of benzene rings is 1. The third kappa shape index (κ3) is 2.10. The number of fused-ring (bicyclic) bond motifs is 2. The molecular weight excluding hydrogens is 294 g/mol. The van der Waals surface area contributed by atoms with Crippen molar-refractivity contribution in [2.24, 2.45) is 0 Å². The van der Waals surface area contributed by atoms with Crippen LogP contribution >= 0.6 is 0 Å². The van der Waals surface area contributed by atoms with Crippen LogP contribution in [0.4, 0.5) is 5.82 Å². The number of anilines is 1. The number of nitrogens with zero attached hydrogens (tertiary/aromatic N) is 3. The molecule has 7 nitrogen and oxygen atoms in total. The molecule has 7 heteroatoms. The first-order chi connectivity index (χ1) is 11.3. The Balaban J connectivity index is 1.85. The van der Waals surface area contributed by atoms with Crippen LogP contribution in [0.3, 0.4) is 0 Å².